The number of nitrogens with zero attached hydrogens (tertiary/aromatic N) is 2. The van der Waals surface area contributed by atoms with E-state index in [1.54, 1.807) is 10.6 Å². The predicted octanol–water partition coefficient (Wildman–Crippen LogP) is 3.72. The second-order valence-corrected chi connectivity index (χ2v) is 5.82. The van der Waals surface area contributed by atoms with E-state index in [4.69, 9.17) is 4.74 Å². The van der Waals surface area contributed by atoms with Crippen molar-refractivity contribution in [1.29, 1.82) is 0 Å². The number of pyridine rings is 1. The quantitative estimate of drug-likeness (QED) is 0.712. The number of carbonyl (C=O) groups excluding carboxylic acids is 1. The minimum Gasteiger partial charge on any atom is -0.490 e. The van der Waals surface area contributed by atoms with E-state index in [0.29, 0.717) is 30.1 Å². The number of benzene rings is 1. The number of fused-ring (bicyclic) bond motifs is 1. The molecule has 0 radical (unpaired) electrons. The lowest BCUT2D eigenvalue weighted by Gasteiger charge is -2.12. The summed E-state index contributed by atoms with van der Waals surface area (Å²) in [5.41, 5.74) is 0.0184. The molecule has 1 amide bonds. The van der Waals surface area contributed by atoms with Gasteiger partial charge in [-0.25, -0.2) is 4.98 Å². The highest BCUT2D eigenvalue weighted by molar-refractivity contribution is 5.95. The van der Waals surface area contributed by atoms with Crippen molar-refractivity contribution in [2.24, 2.45) is 0 Å². The monoisotopic (exact) mass is 377 g/mol. The van der Waals surface area contributed by atoms with Gasteiger partial charge in [-0.3, -0.25) is 4.79 Å². The van der Waals surface area contributed by atoms with Crippen LogP contribution in [0.25, 0.3) is 5.65 Å². The number of alkyl halides is 3. The molecule has 0 bridgehead atoms. The van der Waals surface area contributed by atoms with E-state index in [9.17, 15) is 18.0 Å². The topological polar surface area (TPSA) is 55.6 Å². The lowest BCUT2D eigenvalue weighted by molar-refractivity contribution is -0.137. The number of aromatic nitrogens is 2. The molecule has 2 heterocycles. The van der Waals surface area contributed by atoms with Crippen LogP contribution in [0.2, 0.25) is 0 Å². The SMILES string of the molecule is CCOc1cccn2cc(CCNC(=O)c3ccccc3C(F)(F)F)nc12. The highest BCUT2D eigenvalue weighted by atomic mass is 19.4. The average Bonchev–Trinajstić information content (AvgIpc) is 3.05. The first-order valence-corrected chi connectivity index (χ1v) is 8.44. The van der Waals surface area contributed by atoms with Gasteiger partial charge in [0.05, 0.1) is 23.4 Å². The van der Waals surface area contributed by atoms with Gasteiger partial charge < -0.3 is 14.5 Å². The highest BCUT2D eigenvalue weighted by Gasteiger charge is 2.34. The van der Waals surface area contributed by atoms with Crippen LogP contribution < -0.4 is 10.1 Å². The molecule has 0 aliphatic rings. The molecule has 5 nitrogen and oxygen atoms in total. The number of nitrogens with one attached hydrogen (secondary N) is 1. The molecule has 1 aromatic carbocycles. The third-order valence-electron chi connectivity index (χ3n) is 3.94. The number of rotatable bonds is 6. The maximum absolute atomic E-state index is 13.0. The van der Waals surface area contributed by atoms with Gasteiger partial charge in [0, 0.05) is 25.4 Å². The maximum Gasteiger partial charge on any atom is 0.417 e. The molecule has 3 rings (SSSR count). The lowest BCUT2D eigenvalue weighted by atomic mass is 10.1. The molecule has 142 valence electrons. The fourth-order valence-electron chi connectivity index (χ4n) is 2.75. The van der Waals surface area contributed by atoms with Gasteiger partial charge in [-0.1, -0.05) is 12.1 Å². The molecular formula is C19H18F3N3O2. The summed E-state index contributed by atoms with van der Waals surface area (Å²) in [4.78, 5) is 16.6. The number of carbonyl (C=O) groups is 1. The number of amides is 1. The molecule has 0 saturated carbocycles. The van der Waals surface area contributed by atoms with E-state index in [0.717, 1.165) is 12.1 Å². The van der Waals surface area contributed by atoms with Crippen LogP contribution in [0.4, 0.5) is 13.2 Å². The molecule has 0 spiro atoms. The fraction of sp³-hybridized carbons (Fsp3) is 0.263. The first-order valence-electron chi connectivity index (χ1n) is 8.44. The van der Waals surface area contributed by atoms with Gasteiger partial charge in [0.1, 0.15) is 0 Å². The Morgan fingerprint density at radius 1 is 1.22 bits per heavy atom. The standard InChI is InChI=1S/C19H18F3N3O2/c1-2-27-16-8-5-11-25-12-13(24-17(16)25)9-10-23-18(26)14-6-3-4-7-15(14)19(20,21)22/h3-8,11-12H,2,9-10H2,1H3,(H,23,26). The Kier molecular flexibility index (Phi) is 5.34. The minimum absolute atomic E-state index is 0.166. The van der Waals surface area contributed by atoms with Crippen LogP contribution in [0, 0.1) is 0 Å². The smallest absolute Gasteiger partial charge is 0.417 e. The molecule has 0 fully saturated rings. The molecule has 2 aromatic heterocycles. The Labute approximate surface area is 153 Å². The second-order valence-electron chi connectivity index (χ2n) is 5.82. The second kappa shape index (κ2) is 7.69. The van der Waals surface area contributed by atoms with E-state index < -0.39 is 23.2 Å². The summed E-state index contributed by atoms with van der Waals surface area (Å²) in [6, 6.07) is 8.36. The number of halogens is 3. The van der Waals surface area contributed by atoms with Crippen LogP contribution in [0.1, 0.15) is 28.5 Å². The van der Waals surface area contributed by atoms with Gasteiger partial charge in [0.15, 0.2) is 11.4 Å². The summed E-state index contributed by atoms with van der Waals surface area (Å²) < 4.78 is 46.4. The van der Waals surface area contributed by atoms with Gasteiger partial charge >= 0.3 is 6.18 Å². The number of hydrogen-bond donors (Lipinski definition) is 1. The van der Waals surface area contributed by atoms with E-state index in [1.807, 2.05) is 25.3 Å². The van der Waals surface area contributed by atoms with Crippen LogP contribution in [0.5, 0.6) is 5.75 Å². The van der Waals surface area contributed by atoms with Crippen LogP contribution in [0.15, 0.2) is 48.8 Å². The van der Waals surface area contributed by atoms with Crippen LogP contribution >= 0.6 is 0 Å². The van der Waals surface area contributed by atoms with Crippen molar-refractivity contribution in [2.45, 2.75) is 19.5 Å². The first-order chi connectivity index (χ1) is 12.9. The molecule has 0 atom stereocenters. The molecule has 0 unspecified atom stereocenters. The van der Waals surface area contributed by atoms with Crippen LogP contribution in [-0.4, -0.2) is 28.4 Å². The van der Waals surface area contributed by atoms with Crippen molar-refractivity contribution in [3.63, 3.8) is 0 Å². The van der Waals surface area contributed by atoms with E-state index in [1.165, 1.54) is 12.1 Å². The Bertz CT molecular complexity index is 951. The van der Waals surface area contributed by atoms with Gasteiger partial charge in [-0.05, 0) is 31.2 Å². The Hall–Kier alpha value is -3.03. The van der Waals surface area contributed by atoms with Crippen molar-refractivity contribution in [3.05, 3.63) is 65.6 Å². The van der Waals surface area contributed by atoms with E-state index in [2.05, 4.69) is 10.3 Å². The zero-order valence-electron chi connectivity index (χ0n) is 14.6. The first kappa shape index (κ1) is 18.8. The summed E-state index contributed by atoms with van der Waals surface area (Å²) in [5.74, 6) is -0.115. The van der Waals surface area contributed by atoms with Crippen molar-refractivity contribution >= 4 is 11.6 Å². The summed E-state index contributed by atoms with van der Waals surface area (Å²) in [7, 11) is 0. The zero-order valence-corrected chi connectivity index (χ0v) is 14.6. The molecule has 3 aromatic rings. The molecular weight excluding hydrogens is 359 g/mol. The van der Waals surface area contributed by atoms with E-state index in [-0.39, 0.29) is 6.54 Å². The Morgan fingerprint density at radius 2 is 2.00 bits per heavy atom. The summed E-state index contributed by atoms with van der Waals surface area (Å²) in [6.45, 7) is 2.55. The number of ether oxygens (including phenoxy) is 1. The number of imidazole rings is 1. The maximum atomic E-state index is 13.0. The van der Waals surface area contributed by atoms with Crippen molar-refractivity contribution in [1.82, 2.24) is 14.7 Å². The minimum atomic E-state index is -4.58. The van der Waals surface area contributed by atoms with Crippen molar-refractivity contribution in [2.75, 3.05) is 13.2 Å². The zero-order chi connectivity index (χ0) is 19.4. The predicted molar refractivity (Wildman–Crippen MR) is 93.8 cm³/mol. The molecule has 0 aliphatic heterocycles. The van der Waals surface area contributed by atoms with E-state index >= 15 is 0 Å². The van der Waals surface area contributed by atoms with Gasteiger partial charge in [0.25, 0.3) is 5.91 Å². The third-order valence-corrected chi connectivity index (χ3v) is 3.94. The third kappa shape index (κ3) is 4.21. The highest BCUT2D eigenvalue weighted by Crippen LogP contribution is 2.31. The average molecular weight is 377 g/mol. The summed E-state index contributed by atoms with van der Waals surface area (Å²) in [6.07, 6.45) is -0.571. The molecule has 0 saturated heterocycles. The fourth-order valence-corrected chi connectivity index (χ4v) is 2.75. The molecule has 0 aliphatic carbocycles. The van der Waals surface area contributed by atoms with Crippen LogP contribution in [0.3, 0.4) is 0 Å². The van der Waals surface area contributed by atoms with Gasteiger partial charge in [-0.15, -0.1) is 0 Å². The number of hydrogen-bond acceptors (Lipinski definition) is 3. The molecule has 8 heteroatoms. The molecule has 27 heavy (non-hydrogen) atoms. The summed E-state index contributed by atoms with van der Waals surface area (Å²) >= 11 is 0. The van der Waals surface area contributed by atoms with Crippen LogP contribution in [-0.2, 0) is 12.6 Å². The largest absolute Gasteiger partial charge is 0.490 e. The van der Waals surface area contributed by atoms with Gasteiger partial charge in [-0.2, -0.15) is 13.2 Å². The molecule has 1 N–H and O–H groups in total. The van der Waals surface area contributed by atoms with Crippen molar-refractivity contribution in [3.8, 4) is 5.75 Å². The van der Waals surface area contributed by atoms with Gasteiger partial charge in [0.2, 0.25) is 0 Å². The lowest BCUT2D eigenvalue weighted by Crippen LogP contribution is -2.28. The summed E-state index contributed by atoms with van der Waals surface area (Å²) in [5, 5.41) is 2.52. The normalized spacial score (nSPS) is 11.6. The Balaban J connectivity index is 1.68. The Morgan fingerprint density at radius 3 is 2.74 bits per heavy atom. The van der Waals surface area contributed by atoms with Crippen molar-refractivity contribution < 1.29 is 22.7 Å².